The maximum Gasteiger partial charge on any atom is 0.135 e. The van der Waals surface area contributed by atoms with Crippen molar-refractivity contribution in [3.63, 3.8) is 0 Å². The largest absolute Gasteiger partial charge is 0.456 e. The summed E-state index contributed by atoms with van der Waals surface area (Å²) in [6.07, 6.45) is 0. The Hall–Kier alpha value is -7.82. The summed E-state index contributed by atoms with van der Waals surface area (Å²) in [4.78, 5) is 2.44. The molecule has 0 aliphatic carbocycles. The third kappa shape index (κ3) is 4.95. The number of fused-ring (bicyclic) bond motifs is 9. The molecule has 0 saturated carbocycles. The first kappa shape index (κ1) is 32.4. The van der Waals surface area contributed by atoms with Crippen molar-refractivity contribution in [3.8, 4) is 22.5 Å². The Kier molecular flexibility index (Phi) is 7.20. The molecule has 0 amide bonds. The molecule has 4 nitrogen and oxygen atoms in total. The summed E-state index contributed by atoms with van der Waals surface area (Å²) in [6.45, 7) is 0. The van der Waals surface area contributed by atoms with Crippen LogP contribution in [0, 0.1) is 0 Å². The number of furan rings is 1. The van der Waals surface area contributed by atoms with E-state index in [1.807, 2.05) is 12.1 Å². The van der Waals surface area contributed by atoms with Crippen molar-refractivity contribution in [2.45, 2.75) is 0 Å². The molecule has 0 fully saturated rings. The van der Waals surface area contributed by atoms with E-state index in [1.165, 1.54) is 32.6 Å². The van der Waals surface area contributed by atoms with Crippen molar-refractivity contribution in [3.05, 3.63) is 212 Å². The van der Waals surface area contributed by atoms with E-state index < -0.39 is 0 Å². The number of para-hydroxylation sites is 5. The van der Waals surface area contributed by atoms with Crippen LogP contribution in [-0.4, -0.2) is 9.13 Å². The van der Waals surface area contributed by atoms with Crippen molar-refractivity contribution in [1.29, 1.82) is 0 Å². The van der Waals surface area contributed by atoms with Gasteiger partial charge >= 0.3 is 0 Å². The topological polar surface area (TPSA) is 26.2 Å². The standard InChI is InChI=1S/C54H35N3O/c1-3-14-38(15-4-1)56-48-22-11-8-20-45(48)54-49(23-13-24-50(54)56)55(40-29-26-36(27-30-40)37-28-33-53-46(34-37)44-19-9-12-25-52(44)58-53)41-31-32-43-42-18-7-10-21-47(42)57(51(43)35-41)39-16-5-2-6-17-39/h1-35H. The lowest BCUT2D eigenvalue weighted by atomic mass is 10.0. The van der Waals surface area contributed by atoms with Gasteiger partial charge in [0.25, 0.3) is 0 Å². The number of hydrogen-bond acceptors (Lipinski definition) is 2. The summed E-state index contributed by atoms with van der Waals surface area (Å²) in [5, 5.41) is 7.13. The van der Waals surface area contributed by atoms with E-state index in [1.54, 1.807) is 0 Å². The van der Waals surface area contributed by atoms with Gasteiger partial charge in [-0.1, -0.05) is 121 Å². The van der Waals surface area contributed by atoms with Crippen LogP contribution in [0.2, 0.25) is 0 Å². The molecule has 0 bridgehead atoms. The van der Waals surface area contributed by atoms with Crippen LogP contribution in [0.15, 0.2) is 217 Å². The molecule has 12 rings (SSSR count). The van der Waals surface area contributed by atoms with Crippen LogP contribution >= 0.6 is 0 Å². The Morgan fingerprint density at radius 1 is 0.328 bits per heavy atom. The zero-order chi connectivity index (χ0) is 38.2. The van der Waals surface area contributed by atoms with Crippen LogP contribution in [0.1, 0.15) is 0 Å². The van der Waals surface area contributed by atoms with Crippen molar-refractivity contribution in [2.75, 3.05) is 4.90 Å². The summed E-state index contributed by atoms with van der Waals surface area (Å²) in [6, 6.07) is 76.3. The van der Waals surface area contributed by atoms with Crippen molar-refractivity contribution >= 4 is 82.6 Å². The molecule has 58 heavy (non-hydrogen) atoms. The summed E-state index contributed by atoms with van der Waals surface area (Å²) in [5.74, 6) is 0. The minimum Gasteiger partial charge on any atom is -0.456 e. The molecule has 0 saturated heterocycles. The van der Waals surface area contributed by atoms with Crippen LogP contribution < -0.4 is 4.90 Å². The number of anilines is 3. The number of aromatic nitrogens is 2. The van der Waals surface area contributed by atoms with E-state index in [0.717, 1.165) is 72.5 Å². The zero-order valence-corrected chi connectivity index (χ0v) is 31.5. The Morgan fingerprint density at radius 3 is 1.64 bits per heavy atom. The first-order valence-corrected chi connectivity index (χ1v) is 19.8. The number of hydrogen-bond donors (Lipinski definition) is 0. The minimum atomic E-state index is 0.902. The van der Waals surface area contributed by atoms with Gasteiger partial charge < -0.3 is 18.5 Å². The van der Waals surface area contributed by atoms with Gasteiger partial charge in [0.2, 0.25) is 0 Å². The Balaban J connectivity index is 1.10. The van der Waals surface area contributed by atoms with Gasteiger partial charge in [-0.25, -0.2) is 0 Å². The molecule has 0 unspecified atom stereocenters. The lowest BCUT2D eigenvalue weighted by molar-refractivity contribution is 0.669. The second-order valence-electron chi connectivity index (χ2n) is 14.9. The quantitative estimate of drug-likeness (QED) is 0.170. The van der Waals surface area contributed by atoms with Gasteiger partial charge in [-0.3, -0.25) is 0 Å². The second kappa shape index (κ2) is 12.9. The maximum atomic E-state index is 6.16. The maximum absolute atomic E-state index is 6.16. The van der Waals surface area contributed by atoms with Gasteiger partial charge in [-0.15, -0.1) is 0 Å². The SMILES string of the molecule is c1ccc(-n2c3ccccc3c3ccc(N(c4ccc(-c5ccc6oc7ccccc7c6c5)cc4)c4cccc5c4c4ccccc4n5-c4ccccc4)cc32)cc1. The molecule has 3 heterocycles. The molecular weight excluding hydrogens is 707 g/mol. The lowest BCUT2D eigenvalue weighted by Gasteiger charge is -2.27. The number of rotatable bonds is 6. The molecular formula is C54H35N3O. The first-order valence-electron chi connectivity index (χ1n) is 19.8. The molecule has 0 spiro atoms. The van der Waals surface area contributed by atoms with E-state index in [2.05, 4.69) is 214 Å². The van der Waals surface area contributed by atoms with Crippen molar-refractivity contribution in [2.24, 2.45) is 0 Å². The Bertz CT molecular complexity index is 3500. The molecule has 0 radical (unpaired) electrons. The average molecular weight is 742 g/mol. The number of benzene rings is 9. The van der Waals surface area contributed by atoms with Crippen LogP contribution in [0.25, 0.3) is 88.1 Å². The van der Waals surface area contributed by atoms with Gasteiger partial charge in [0.15, 0.2) is 0 Å². The second-order valence-corrected chi connectivity index (χ2v) is 14.9. The molecule has 3 aromatic heterocycles. The predicted molar refractivity (Wildman–Crippen MR) is 243 cm³/mol. The highest BCUT2D eigenvalue weighted by atomic mass is 16.3. The van der Waals surface area contributed by atoms with Crippen LogP contribution in [-0.2, 0) is 0 Å². The van der Waals surface area contributed by atoms with E-state index >= 15 is 0 Å². The van der Waals surface area contributed by atoms with Crippen LogP contribution in [0.5, 0.6) is 0 Å². The fraction of sp³-hybridized carbons (Fsp3) is 0. The smallest absolute Gasteiger partial charge is 0.135 e. The highest BCUT2D eigenvalue weighted by molar-refractivity contribution is 6.17. The fourth-order valence-corrected chi connectivity index (χ4v) is 9.13. The monoisotopic (exact) mass is 741 g/mol. The summed E-state index contributed by atoms with van der Waals surface area (Å²) in [5.41, 5.74) is 14.3. The molecule has 0 aliphatic heterocycles. The zero-order valence-electron chi connectivity index (χ0n) is 31.5. The lowest BCUT2D eigenvalue weighted by Crippen LogP contribution is -2.10. The van der Waals surface area contributed by atoms with E-state index in [0.29, 0.717) is 0 Å². The fourth-order valence-electron chi connectivity index (χ4n) is 9.13. The molecule has 0 atom stereocenters. The highest BCUT2D eigenvalue weighted by Crippen LogP contribution is 2.46. The van der Waals surface area contributed by atoms with E-state index in [9.17, 15) is 0 Å². The molecule has 0 N–H and O–H groups in total. The molecule has 272 valence electrons. The van der Waals surface area contributed by atoms with E-state index in [4.69, 9.17) is 4.42 Å². The Morgan fingerprint density at radius 2 is 0.879 bits per heavy atom. The van der Waals surface area contributed by atoms with Crippen LogP contribution in [0.4, 0.5) is 17.1 Å². The molecule has 12 aromatic rings. The molecule has 4 heteroatoms. The number of nitrogens with zero attached hydrogens (tertiary/aromatic N) is 3. The van der Waals surface area contributed by atoms with Gasteiger partial charge in [0.05, 0.1) is 27.8 Å². The molecule has 9 aromatic carbocycles. The first-order chi connectivity index (χ1) is 28.8. The highest BCUT2D eigenvalue weighted by Gasteiger charge is 2.23. The summed E-state index contributed by atoms with van der Waals surface area (Å²) < 4.78 is 10.9. The van der Waals surface area contributed by atoms with Crippen molar-refractivity contribution < 1.29 is 4.42 Å². The predicted octanol–water partition coefficient (Wildman–Crippen LogP) is 14.9. The van der Waals surface area contributed by atoms with Gasteiger partial charge in [-0.05, 0) is 102 Å². The van der Waals surface area contributed by atoms with Crippen LogP contribution in [0.3, 0.4) is 0 Å². The third-order valence-corrected chi connectivity index (χ3v) is 11.7. The molecule has 0 aliphatic rings. The van der Waals surface area contributed by atoms with Gasteiger partial charge in [0, 0.05) is 55.1 Å². The van der Waals surface area contributed by atoms with Gasteiger partial charge in [-0.2, -0.15) is 0 Å². The minimum absolute atomic E-state index is 0.902. The Labute approximate surface area is 334 Å². The van der Waals surface area contributed by atoms with Gasteiger partial charge in [0.1, 0.15) is 11.2 Å². The summed E-state index contributed by atoms with van der Waals surface area (Å²) >= 11 is 0. The summed E-state index contributed by atoms with van der Waals surface area (Å²) in [7, 11) is 0. The average Bonchev–Trinajstić information content (AvgIpc) is 3.95. The third-order valence-electron chi connectivity index (χ3n) is 11.7. The normalized spacial score (nSPS) is 11.8. The van der Waals surface area contributed by atoms with Crippen molar-refractivity contribution in [1.82, 2.24) is 9.13 Å². The van der Waals surface area contributed by atoms with E-state index in [-0.39, 0.29) is 0 Å².